The molecule has 0 bridgehead atoms. The van der Waals surface area contributed by atoms with Crippen LogP contribution in [0.5, 0.6) is 0 Å². The Morgan fingerprint density at radius 1 is 1.56 bits per heavy atom. The number of hydrogen-bond acceptors (Lipinski definition) is 6. The molecule has 0 amide bonds. The van der Waals surface area contributed by atoms with Crippen LogP contribution in [0.3, 0.4) is 0 Å². The van der Waals surface area contributed by atoms with Gasteiger partial charge >= 0.3 is 5.82 Å². The van der Waals surface area contributed by atoms with Crippen molar-refractivity contribution in [3.05, 3.63) is 28.3 Å². The zero-order valence-electron chi connectivity index (χ0n) is 10.1. The molecule has 0 aliphatic rings. The molecule has 0 atom stereocenters. The third kappa shape index (κ3) is 2.29. The Morgan fingerprint density at radius 3 is 2.94 bits per heavy atom. The lowest BCUT2D eigenvalue weighted by Crippen LogP contribution is -2.14. The van der Waals surface area contributed by atoms with E-state index in [0.29, 0.717) is 24.7 Å². The van der Waals surface area contributed by atoms with E-state index in [-0.39, 0.29) is 5.82 Å². The SMILES string of the molecule is Cc1nc([N+](=O)[O-])c(NCCn2ccnn2)n1C. The Labute approximate surface area is 103 Å². The molecule has 18 heavy (non-hydrogen) atoms. The van der Waals surface area contributed by atoms with Gasteiger partial charge in [0.15, 0.2) is 0 Å². The quantitative estimate of drug-likeness (QED) is 0.607. The molecule has 0 aliphatic carbocycles. The smallest absolute Gasteiger partial charge is 0.362 e. The van der Waals surface area contributed by atoms with Crippen LogP contribution >= 0.6 is 0 Å². The highest BCUT2D eigenvalue weighted by atomic mass is 16.6. The van der Waals surface area contributed by atoms with Gasteiger partial charge in [-0.15, -0.1) is 5.10 Å². The van der Waals surface area contributed by atoms with E-state index in [1.807, 2.05) is 0 Å². The lowest BCUT2D eigenvalue weighted by Gasteiger charge is -2.06. The maximum absolute atomic E-state index is 10.8. The van der Waals surface area contributed by atoms with E-state index in [1.54, 1.807) is 35.6 Å². The van der Waals surface area contributed by atoms with Gasteiger partial charge in [-0.05, 0) is 9.91 Å². The molecule has 0 radical (unpaired) electrons. The largest absolute Gasteiger partial charge is 0.406 e. The van der Waals surface area contributed by atoms with Crippen LogP contribution < -0.4 is 5.32 Å². The van der Waals surface area contributed by atoms with Crippen molar-refractivity contribution in [2.45, 2.75) is 13.5 Å². The molecule has 2 aromatic heterocycles. The van der Waals surface area contributed by atoms with Crippen LogP contribution in [0, 0.1) is 17.0 Å². The van der Waals surface area contributed by atoms with Crippen molar-refractivity contribution in [1.82, 2.24) is 24.5 Å². The molecule has 96 valence electrons. The second-order valence-electron chi connectivity index (χ2n) is 3.74. The summed E-state index contributed by atoms with van der Waals surface area (Å²) in [7, 11) is 1.73. The van der Waals surface area contributed by atoms with Crippen LogP contribution in [0.2, 0.25) is 0 Å². The van der Waals surface area contributed by atoms with Crippen molar-refractivity contribution < 1.29 is 4.92 Å². The summed E-state index contributed by atoms with van der Waals surface area (Å²) in [6.07, 6.45) is 3.31. The number of rotatable bonds is 5. The van der Waals surface area contributed by atoms with Gasteiger partial charge in [0.25, 0.3) is 0 Å². The fraction of sp³-hybridized carbons (Fsp3) is 0.444. The molecule has 0 aromatic carbocycles. The molecule has 0 aliphatic heterocycles. The molecule has 2 aromatic rings. The highest BCUT2D eigenvalue weighted by molar-refractivity contribution is 5.53. The Bertz CT molecular complexity index is 546. The van der Waals surface area contributed by atoms with E-state index in [9.17, 15) is 10.1 Å². The highest BCUT2D eigenvalue weighted by Crippen LogP contribution is 2.23. The molecule has 1 N–H and O–H groups in total. The highest BCUT2D eigenvalue weighted by Gasteiger charge is 2.22. The van der Waals surface area contributed by atoms with Gasteiger partial charge in [0, 0.05) is 26.7 Å². The second kappa shape index (κ2) is 4.82. The first-order valence-corrected chi connectivity index (χ1v) is 5.35. The predicted octanol–water partition coefficient (Wildman–Crippen LogP) is 0.340. The lowest BCUT2D eigenvalue weighted by atomic mass is 10.5. The predicted molar refractivity (Wildman–Crippen MR) is 63.1 cm³/mol. The Balaban J connectivity index is 2.06. The zero-order valence-corrected chi connectivity index (χ0v) is 10.1. The van der Waals surface area contributed by atoms with E-state index in [4.69, 9.17) is 0 Å². The standard InChI is InChI=1S/C9H13N7O2/c1-7-12-9(16(17)18)8(14(7)2)10-3-5-15-6-4-11-13-15/h4,6,10H,3,5H2,1-2H3. The minimum absolute atomic E-state index is 0.159. The summed E-state index contributed by atoms with van der Waals surface area (Å²) in [6.45, 7) is 2.79. The minimum Gasteiger partial charge on any atom is -0.362 e. The summed E-state index contributed by atoms with van der Waals surface area (Å²) in [5.74, 6) is 0.830. The molecule has 0 saturated heterocycles. The molecular formula is C9H13N7O2. The lowest BCUT2D eigenvalue weighted by molar-refractivity contribution is -0.388. The number of hydrogen-bond donors (Lipinski definition) is 1. The number of aromatic nitrogens is 5. The summed E-state index contributed by atoms with van der Waals surface area (Å²) in [4.78, 5) is 14.2. The number of imidazole rings is 1. The third-order valence-corrected chi connectivity index (χ3v) is 2.58. The molecule has 9 nitrogen and oxygen atoms in total. The fourth-order valence-corrected chi connectivity index (χ4v) is 1.56. The monoisotopic (exact) mass is 251 g/mol. The Hall–Kier alpha value is -2.45. The van der Waals surface area contributed by atoms with Gasteiger partial charge in [0.1, 0.15) is 0 Å². The average molecular weight is 251 g/mol. The summed E-state index contributed by atoms with van der Waals surface area (Å²) in [5, 5.41) is 21.3. The van der Waals surface area contributed by atoms with Crippen molar-refractivity contribution in [2.75, 3.05) is 11.9 Å². The maximum atomic E-state index is 10.8. The van der Waals surface area contributed by atoms with Gasteiger partial charge in [0.2, 0.25) is 11.6 Å². The summed E-state index contributed by atoms with van der Waals surface area (Å²) in [5.41, 5.74) is 0. The number of nitrogens with one attached hydrogen (secondary N) is 1. The van der Waals surface area contributed by atoms with Crippen LogP contribution in [0.15, 0.2) is 12.4 Å². The van der Waals surface area contributed by atoms with Crippen LogP contribution in [-0.4, -0.2) is 36.0 Å². The van der Waals surface area contributed by atoms with Crippen LogP contribution in [-0.2, 0) is 13.6 Å². The Kier molecular flexibility index (Phi) is 3.22. The number of anilines is 1. The summed E-state index contributed by atoms with van der Waals surface area (Å²) >= 11 is 0. The first-order chi connectivity index (χ1) is 8.59. The van der Waals surface area contributed by atoms with Crippen LogP contribution in [0.1, 0.15) is 5.82 Å². The van der Waals surface area contributed by atoms with Gasteiger partial charge in [-0.3, -0.25) is 9.25 Å². The van der Waals surface area contributed by atoms with Gasteiger partial charge in [0.05, 0.1) is 12.7 Å². The summed E-state index contributed by atoms with van der Waals surface area (Å²) in [6, 6.07) is 0. The van der Waals surface area contributed by atoms with E-state index in [1.165, 1.54) is 0 Å². The molecule has 0 spiro atoms. The van der Waals surface area contributed by atoms with Crippen molar-refractivity contribution in [1.29, 1.82) is 0 Å². The maximum Gasteiger partial charge on any atom is 0.406 e. The van der Waals surface area contributed by atoms with Crippen LogP contribution in [0.4, 0.5) is 11.6 Å². The molecular weight excluding hydrogens is 238 g/mol. The molecule has 0 fully saturated rings. The molecule has 0 unspecified atom stereocenters. The molecule has 2 rings (SSSR count). The average Bonchev–Trinajstić information content (AvgIpc) is 2.92. The third-order valence-electron chi connectivity index (χ3n) is 2.58. The van der Waals surface area contributed by atoms with Gasteiger partial charge < -0.3 is 15.4 Å². The van der Waals surface area contributed by atoms with E-state index < -0.39 is 4.92 Å². The van der Waals surface area contributed by atoms with Crippen molar-refractivity contribution in [3.8, 4) is 0 Å². The van der Waals surface area contributed by atoms with E-state index in [0.717, 1.165) is 0 Å². The number of nitro groups is 1. The first-order valence-electron chi connectivity index (χ1n) is 5.35. The normalized spacial score (nSPS) is 10.6. The molecule has 2 heterocycles. The zero-order chi connectivity index (χ0) is 13.1. The second-order valence-corrected chi connectivity index (χ2v) is 3.74. The topological polar surface area (TPSA) is 104 Å². The molecule has 9 heteroatoms. The van der Waals surface area contributed by atoms with Gasteiger partial charge in [-0.1, -0.05) is 5.21 Å². The van der Waals surface area contributed by atoms with Crippen molar-refractivity contribution in [2.24, 2.45) is 7.05 Å². The minimum atomic E-state index is -0.495. The Morgan fingerprint density at radius 2 is 2.33 bits per heavy atom. The van der Waals surface area contributed by atoms with E-state index >= 15 is 0 Å². The number of aryl methyl sites for hydroxylation is 1. The van der Waals surface area contributed by atoms with Crippen molar-refractivity contribution >= 4 is 11.6 Å². The summed E-state index contributed by atoms with van der Waals surface area (Å²) < 4.78 is 3.29. The van der Waals surface area contributed by atoms with Gasteiger partial charge in [-0.2, -0.15) is 0 Å². The van der Waals surface area contributed by atoms with E-state index in [2.05, 4.69) is 20.6 Å². The fourth-order valence-electron chi connectivity index (χ4n) is 1.56. The van der Waals surface area contributed by atoms with Crippen LogP contribution in [0.25, 0.3) is 0 Å². The number of nitrogens with zero attached hydrogens (tertiary/aromatic N) is 6. The molecule has 0 saturated carbocycles. The van der Waals surface area contributed by atoms with Crippen molar-refractivity contribution in [3.63, 3.8) is 0 Å². The first kappa shape index (κ1) is 12.0. The van der Waals surface area contributed by atoms with Gasteiger partial charge in [-0.25, -0.2) is 0 Å².